The van der Waals surface area contributed by atoms with Gasteiger partial charge >= 0.3 is 0 Å². The second kappa shape index (κ2) is 4.56. The Morgan fingerprint density at radius 2 is 2.23 bits per heavy atom. The predicted octanol–water partition coefficient (Wildman–Crippen LogP) is 3.31. The molecule has 0 aliphatic carbocycles. The quantitative estimate of drug-likeness (QED) is 0.742. The summed E-state index contributed by atoms with van der Waals surface area (Å²) in [6.07, 6.45) is 1.99. The molecule has 0 aliphatic rings. The highest BCUT2D eigenvalue weighted by molar-refractivity contribution is 9.10. The van der Waals surface area contributed by atoms with Crippen LogP contribution in [0.5, 0.6) is 0 Å². The third-order valence-electron chi connectivity index (χ3n) is 2.17. The summed E-state index contributed by atoms with van der Waals surface area (Å²) >= 11 is 3.47. The topological polar surface area (TPSA) is 17.1 Å². The molecule has 0 saturated heterocycles. The van der Waals surface area contributed by atoms with Gasteiger partial charge < -0.3 is 4.79 Å². The molecule has 0 N–H and O–H groups in total. The Kier molecular flexibility index (Phi) is 3.67. The zero-order valence-corrected chi connectivity index (χ0v) is 9.47. The molecule has 0 heterocycles. The van der Waals surface area contributed by atoms with E-state index < -0.39 is 0 Å². The van der Waals surface area contributed by atoms with Gasteiger partial charge in [-0.2, -0.15) is 0 Å². The molecular weight excluding hydrogens is 228 g/mol. The van der Waals surface area contributed by atoms with Crippen molar-refractivity contribution in [2.75, 3.05) is 0 Å². The van der Waals surface area contributed by atoms with Gasteiger partial charge in [0.1, 0.15) is 6.29 Å². The van der Waals surface area contributed by atoms with Crippen LogP contribution in [0.4, 0.5) is 0 Å². The van der Waals surface area contributed by atoms with Crippen LogP contribution in [0.25, 0.3) is 0 Å². The Labute approximate surface area is 87.3 Å². The fourth-order valence-corrected chi connectivity index (χ4v) is 2.02. The monoisotopic (exact) mass is 240 g/mol. The minimum absolute atomic E-state index is 0.0275. The maximum Gasteiger partial charge on any atom is 0.127 e. The highest BCUT2D eigenvalue weighted by Crippen LogP contribution is 2.24. The minimum atomic E-state index is -0.0275. The smallest absolute Gasteiger partial charge is 0.127 e. The molecule has 0 amide bonds. The highest BCUT2D eigenvalue weighted by Gasteiger charge is 2.07. The first kappa shape index (κ1) is 10.5. The van der Waals surface area contributed by atoms with Crippen molar-refractivity contribution >= 4 is 22.2 Å². The molecule has 13 heavy (non-hydrogen) atoms. The average molecular weight is 241 g/mol. The number of aryl methyl sites for hydroxylation is 1. The number of carbonyl (C=O) groups excluding carboxylic acids is 1. The fraction of sp³-hybridized carbons (Fsp3) is 0.364. The van der Waals surface area contributed by atoms with Gasteiger partial charge in [0.15, 0.2) is 0 Å². The Morgan fingerprint density at radius 1 is 1.54 bits per heavy atom. The summed E-state index contributed by atoms with van der Waals surface area (Å²) in [7, 11) is 0. The minimum Gasteiger partial charge on any atom is -0.303 e. The first-order chi connectivity index (χ1) is 6.19. The summed E-state index contributed by atoms with van der Waals surface area (Å²) in [5.41, 5.74) is 2.35. The molecule has 2 heteroatoms. The molecule has 1 rings (SSSR count). The van der Waals surface area contributed by atoms with Crippen LogP contribution in [0.2, 0.25) is 0 Å². The van der Waals surface area contributed by atoms with Crippen LogP contribution in [0.15, 0.2) is 22.7 Å². The van der Waals surface area contributed by atoms with Gasteiger partial charge in [-0.3, -0.25) is 0 Å². The molecule has 0 aliphatic heterocycles. The van der Waals surface area contributed by atoms with E-state index >= 15 is 0 Å². The van der Waals surface area contributed by atoms with Gasteiger partial charge in [0, 0.05) is 10.4 Å². The van der Waals surface area contributed by atoms with Crippen LogP contribution in [0, 0.1) is 0 Å². The van der Waals surface area contributed by atoms with Gasteiger partial charge in [0.05, 0.1) is 0 Å². The average Bonchev–Trinajstić information content (AvgIpc) is 2.16. The Balaban J connectivity index is 3.04. The lowest BCUT2D eigenvalue weighted by Gasteiger charge is -2.08. The Hall–Kier alpha value is -0.630. The first-order valence-corrected chi connectivity index (χ1v) is 5.22. The SMILES string of the molecule is CCc1ccc(C(C)C=O)c(Br)c1. The summed E-state index contributed by atoms with van der Waals surface area (Å²) < 4.78 is 1.03. The normalized spacial score (nSPS) is 12.5. The fourth-order valence-electron chi connectivity index (χ4n) is 1.23. The maximum atomic E-state index is 10.6. The number of carbonyl (C=O) groups is 1. The summed E-state index contributed by atoms with van der Waals surface area (Å²) in [5.74, 6) is -0.0275. The van der Waals surface area contributed by atoms with Gasteiger partial charge in [-0.05, 0) is 23.6 Å². The summed E-state index contributed by atoms with van der Waals surface area (Å²) in [6, 6.07) is 6.16. The Morgan fingerprint density at radius 3 is 2.69 bits per heavy atom. The second-order valence-corrected chi connectivity index (χ2v) is 3.99. The van der Waals surface area contributed by atoms with Crippen LogP contribution in [0.3, 0.4) is 0 Å². The molecule has 1 aromatic carbocycles. The number of aldehydes is 1. The van der Waals surface area contributed by atoms with E-state index in [1.165, 1.54) is 5.56 Å². The molecule has 1 nitrogen and oxygen atoms in total. The van der Waals surface area contributed by atoms with Gasteiger partial charge in [0.2, 0.25) is 0 Å². The predicted molar refractivity (Wildman–Crippen MR) is 58.0 cm³/mol. The lowest BCUT2D eigenvalue weighted by atomic mass is 10.0. The van der Waals surface area contributed by atoms with Crippen LogP contribution in [-0.2, 0) is 11.2 Å². The van der Waals surface area contributed by atoms with Crippen LogP contribution in [-0.4, -0.2) is 6.29 Å². The van der Waals surface area contributed by atoms with Crippen LogP contribution >= 0.6 is 15.9 Å². The van der Waals surface area contributed by atoms with E-state index in [0.29, 0.717) is 0 Å². The molecule has 0 saturated carbocycles. The van der Waals surface area contributed by atoms with E-state index in [2.05, 4.69) is 35.0 Å². The van der Waals surface area contributed by atoms with E-state index in [4.69, 9.17) is 0 Å². The molecule has 0 bridgehead atoms. The van der Waals surface area contributed by atoms with Crippen molar-refractivity contribution in [3.63, 3.8) is 0 Å². The van der Waals surface area contributed by atoms with E-state index in [1.807, 2.05) is 13.0 Å². The van der Waals surface area contributed by atoms with Crippen molar-refractivity contribution in [3.05, 3.63) is 33.8 Å². The van der Waals surface area contributed by atoms with Crippen LogP contribution < -0.4 is 0 Å². The summed E-state index contributed by atoms with van der Waals surface area (Å²) in [5, 5.41) is 0. The first-order valence-electron chi connectivity index (χ1n) is 4.42. The van der Waals surface area contributed by atoms with Gasteiger partial charge in [-0.15, -0.1) is 0 Å². The molecule has 0 radical (unpaired) electrons. The van der Waals surface area contributed by atoms with Crippen molar-refractivity contribution < 1.29 is 4.79 Å². The summed E-state index contributed by atoms with van der Waals surface area (Å²) in [4.78, 5) is 10.6. The largest absolute Gasteiger partial charge is 0.303 e. The van der Waals surface area contributed by atoms with Crippen molar-refractivity contribution in [3.8, 4) is 0 Å². The van der Waals surface area contributed by atoms with Gasteiger partial charge in [-0.1, -0.05) is 41.9 Å². The van der Waals surface area contributed by atoms with Crippen molar-refractivity contribution in [1.82, 2.24) is 0 Å². The zero-order chi connectivity index (χ0) is 9.84. The molecule has 1 atom stereocenters. The molecule has 0 aromatic heterocycles. The molecule has 0 spiro atoms. The molecular formula is C11H13BrO. The number of hydrogen-bond acceptors (Lipinski definition) is 1. The van der Waals surface area contributed by atoms with E-state index in [0.717, 1.165) is 22.7 Å². The second-order valence-electron chi connectivity index (χ2n) is 3.13. The Bertz CT molecular complexity index is 307. The van der Waals surface area contributed by atoms with Gasteiger partial charge in [-0.25, -0.2) is 0 Å². The number of benzene rings is 1. The lowest BCUT2D eigenvalue weighted by Crippen LogP contribution is -1.96. The third-order valence-corrected chi connectivity index (χ3v) is 2.85. The van der Waals surface area contributed by atoms with E-state index in [-0.39, 0.29) is 5.92 Å². The van der Waals surface area contributed by atoms with Crippen LogP contribution in [0.1, 0.15) is 30.9 Å². The maximum absolute atomic E-state index is 10.6. The molecule has 1 unspecified atom stereocenters. The van der Waals surface area contributed by atoms with E-state index in [1.54, 1.807) is 0 Å². The van der Waals surface area contributed by atoms with Gasteiger partial charge in [0.25, 0.3) is 0 Å². The molecule has 0 fully saturated rings. The number of hydrogen-bond donors (Lipinski definition) is 0. The molecule has 1 aromatic rings. The number of rotatable bonds is 3. The van der Waals surface area contributed by atoms with Crippen molar-refractivity contribution in [2.24, 2.45) is 0 Å². The highest BCUT2D eigenvalue weighted by atomic mass is 79.9. The third kappa shape index (κ3) is 2.41. The lowest BCUT2D eigenvalue weighted by molar-refractivity contribution is -0.108. The molecule has 70 valence electrons. The number of halogens is 1. The standard InChI is InChI=1S/C11H13BrO/c1-3-9-4-5-10(8(2)7-13)11(12)6-9/h4-8H,3H2,1-2H3. The van der Waals surface area contributed by atoms with Crippen molar-refractivity contribution in [2.45, 2.75) is 26.2 Å². The summed E-state index contributed by atoms with van der Waals surface area (Å²) in [6.45, 7) is 4.02. The zero-order valence-electron chi connectivity index (χ0n) is 7.88. The van der Waals surface area contributed by atoms with E-state index in [9.17, 15) is 4.79 Å². The van der Waals surface area contributed by atoms with Crippen molar-refractivity contribution in [1.29, 1.82) is 0 Å².